The van der Waals surface area contributed by atoms with Gasteiger partial charge in [0, 0.05) is 18.0 Å². The Kier molecular flexibility index (Phi) is 4.71. The number of anilines is 1. The number of fused-ring (bicyclic) bond motifs is 1. The van der Waals surface area contributed by atoms with Crippen LogP contribution in [0.25, 0.3) is 10.9 Å². The van der Waals surface area contributed by atoms with E-state index in [-0.39, 0.29) is 11.6 Å². The molecule has 122 valence electrons. The minimum atomic E-state index is -0.248. The van der Waals surface area contributed by atoms with Crippen LogP contribution < -0.4 is 11.1 Å². The maximum atomic E-state index is 12.4. The molecular weight excluding hydrogens is 290 g/mol. The molecule has 3 rings (SSSR count). The summed E-state index contributed by atoms with van der Waals surface area (Å²) < 4.78 is 0. The summed E-state index contributed by atoms with van der Waals surface area (Å²) in [6.07, 6.45) is 3.57. The fourth-order valence-electron chi connectivity index (χ4n) is 3.24. The molecule has 1 atom stereocenters. The predicted octanol–water partition coefficient (Wildman–Crippen LogP) is 1.82. The lowest BCUT2D eigenvalue weighted by molar-refractivity contribution is 0.0913. The van der Waals surface area contributed by atoms with Gasteiger partial charge in [-0.05, 0) is 32.0 Å². The molecule has 1 aromatic carbocycles. The van der Waals surface area contributed by atoms with E-state index >= 15 is 0 Å². The summed E-state index contributed by atoms with van der Waals surface area (Å²) in [5.41, 5.74) is 7.41. The van der Waals surface area contributed by atoms with Gasteiger partial charge in [0.1, 0.15) is 0 Å². The SMILES string of the molecule is CCN1CCCCC1CNC(=O)c1nnc2ccccc2c1N. The van der Waals surface area contributed by atoms with E-state index in [1.54, 1.807) is 0 Å². The lowest BCUT2D eigenvalue weighted by Gasteiger charge is -2.34. The van der Waals surface area contributed by atoms with Crippen molar-refractivity contribution in [1.82, 2.24) is 20.4 Å². The largest absolute Gasteiger partial charge is 0.396 e. The van der Waals surface area contributed by atoms with Crippen molar-refractivity contribution >= 4 is 22.5 Å². The van der Waals surface area contributed by atoms with Crippen LogP contribution in [-0.2, 0) is 0 Å². The number of hydrogen-bond donors (Lipinski definition) is 2. The fourth-order valence-corrected chi connectivity index (χ4v) is 3.24. The van der Waals surface area contributed by atoms with Crippen molar-refractivity contribution < 1.29 is 4.79 Å². The second-order valence-electron chi connectivity index (χ2n) is 5.97. The number of hydrogen-bond acceptors (Lipinski definition) is 5. The molecule has 1 aromatic heterocycles. The van der Waals surface area contributed by atoms with E-state index in [0.717, 1.165) is 24.9 Å². The highest BCUT2D eigenvalue weighted by Crippen LogP contribution is 2.21. The van der Waals surface area contributed by atoms with Crippen LogP contribution in [0.15, 0.2) is 24.3 Å². The van der Waals surface area contributed by atoms with Gasteiger partial charge in [0.05, 0.1) is 11.2 Å². The molecule has 1 saturated heterocycles. The van der Waals surface area contributed by atoms with Crippen LogP contribution in [0.4, 0.5) is 5.69 Å². The molecule has 1 amide bonds. The zero-order valence-corrected chi connectivity index (χ0v) is 13.5. The monoisotopic (exact) mass is 313 g/mol. The Morgan fingerprint density at radius 2 is 2.17 bits per heavy atom. The van der Waals surface area contributed by atoms with Crippen molar-refractivity contribution in [2.24, 2.45) is 0 Å². The Morgan fingerprint density at radius 3 is 3.00 bits per heavy atom. The van der Waals surface area contributed by atoms with Crippen molar-refractivity contribution in [3.05, 3.63) is 30.0 Å². The van der Waals surface area contributed by atoms with Gasteiger partial charge < -0.3 is 11.1 Å². The third kappa shape index (κ3) is 3.27. The fraction of sp³-hybridized carbons (Fsp3) is 0.471. The predicted molar refractivity (Wildman–Crippen MR) is 91.2 cm³/mol. The van der Waals surface area contributed by atoms with E-state index in [4.69, 9.17) is 5.73 Å². The molecule has 23 heavy (non-hydrogen) atoms. The van der Waals surface area contributed by atoms with Crippen molar-refractivity contribution in [3.8, 4) is 0 Å². The van der Waals surface area contributed by atoms with Crippen LogP contribution in [0.5, 0.6) is 0 Å². The number of amides is 1. The first-order valence-electron chi connectivity index (χ1n) is 8.24. The Labute approximate surface area is 136 Å². The number of aromatic nitrogens is 2. The van der Waals surface area contributed by atoms with E-state index in [2.05, 4.69) is 27.3 Å². The van der Waals surface area contributed by atoms with Gasteiger partial charge in [0.15, 0.2) is 5.69 Å². The number of likely N-dealkylation sites (tertiary alicyclic amines) is 1. The summed E-state index contributed by atoms with van der Waals surface area (Å²) >= 11 is 0. The molecule has 0 bridgehead atoms. The lowest BCUT2D eigenvalue weighted by atomic mass is 10.0. The molecule has 1 fully saturated rings. The number of rotatable bonds is 4. The Morgan fingerprint density at radius 1 is 1.35 bits per heavy atom. The average molecular weight is 313 g/mol. The van der Waals surface area contributed by atoms with Gasteiger partial charge >= 0.3 is 0 Å². The second-order valence-corrected chi connectivity index (χ2v) is 5.97. The number of carbonyl (C=O) groups is 1. The summed E-state index contributed by atoms with van der Waals surface area (Å²) in [4.78, 5) is 14.9. The van der Waals surface area contributed by atoms with E-state index in [1.807, 2.05) is 24.3 Å². The molecular formula is C17H23N5O. The molecule has 1 aliphatic heterocycles. The smallest absolute Gasteiger partial charge is 0.274 e. The van der Waals surface area contributed by atoms with Crippen molar-refractivity contribution in [1.29, 1.82) is 0 Å². The number of likely N-dealkylation sites (N-methyl/N-ethyl adjacent to an activating group) is 1. The van der Waals surface area contributed by atoms with Crippen LogP contribution in [0, 0.1) is 0 Å². The molecule has 0 aliphatic carbocycles. The van der Waals surface area contributed by atoms with Crippen LogP contribution >= 0.6 is 0 Å². The molecule has 2 heterocycles. The number of nitrogen functional groups attached to an aromatic ring is 1. The molecule has 6 nitrogen and oxygen atoms in total. The van der Waals surface area contributed by atoms with Crippen LogP contribution in [0.2, 0.25) is 0 Å². The maximum absolute atomic E-state index is 12.4. The van der Waals surface area contributed by atoms with Gasteiger partial charge in [0.25, 0.3) is 5.91 Å². The first-order chi connectivity index (χ1) is 11.2. The van der Waals surface area contributed by atoms with Gasteiger partial charge in [0.2, 0.25) is 0 Å². The number of nitrogens with zero attached hydrogens (tertiary/aromatic N) is 3. The molecule has 0 spiro atoms. The quantitative estimate of drug-likeness (QED) is 0.899. The Balaban J connectivity index is 1.72. The molecule has 6 heteroatoms. The van der Waals surface area contributed by atoms with E-state index in [1.165, 1.54) is 12.8 Å². The first kappa shape index (κ1) is 15.7. The topological polar surface area (TPSA) is 84.1 Å². The number of carbonyl (C=O) groups excluding carboxylic acids is 1. The normalized spacial score (nSPS) is 18.9. The molecule has 0 radical (unpaired) electrons. The number of benzene rings is 1. The highest BCUT2D eigenvalue weighted by atomic mass is 16.1. The summed E-state index contributed by atoms with van der Waals surface area (Å²) in [5, 5.41) is 11.8. The maximum Gasteiger partial charge on any atom is 0.274 e. The van der Waals surface area contributed by atoms with Crippen LogP contribution in [-0.4, -0.2) is 46.7 Å². The van der Waals surface area contributed by atoms with E-state index in [0.29, 0.717) is 23.8 Å². The van der Waals surface area contributed by atoms with E-state index < -0.39 is 0 Å². The number of nitrogens with one attached hydrogen (secondary N) is 1. The zero-order chi connectivity index (χ0) is 16.2. The Bertz CT molecular complexity index is 702. The zero-order valence-electron chi connectivity index (χ0n) is 13.5. The van der Waals surface area contributed by atoms with Gasteiger partial charge in [-0.15, -0.1) is 10.2 Å². The highest BCUT2D eigenvalue weighted by molar-refractivity contribution is 6.04. The molecule has 2 aromatic rings. The van der Waals surface area contributed by atoms with Gasteiger partial charge in [-0.1, -0.05) is 31.5 Å². The third-order valence-corrected chi connectivity index (χ3v) is 4.58. The van der Waals surface area contributed by atoms with Crippen molar-refractivity contribution in [2.75, 3.05) is 25.4 Å². The summed E-state index contributed by atoms with van der Waals surface area (Å²) in [5.74, 6) is -0.248. The summed E-state index contributed by atoms with van der Waals surface area (Å²) in [7, 11) is 0. The van der Waals surface area contributed by atoms with Crippen LogP contribution in [0.3, 0.4) is 0 Å². The van der Waals surface area contributed by atoms with Crippen molar-refractivity contribution in [3.63, 3.8) is 0 Å². The highest BCUT2D eigenvalue weighted by Gasteiger charge is 2.22. The number of nitrogens with two attached hydrogens (primary N) is 1. The minimum Gasteiger partial charge on any atom is -0.396 e. The Hall–Kier alpha value is -2.21. The van der Waals surface area contributed by atoms with E-state index in [9.17, 15) is 4.79 Å². The average Bonchev–Trinajstić information content (AvgIpc) is 2.60. The lowest BCUT2D eigenvalue weighted by Crippen LogP contribution is -2.46. The molecule has 3 N–H and O–H groups in total. The standard InChI is InChI=1S/C17H23N5O/c1-2-22-10-6-5-7-12(22)11-19-17(23)16-15(18)13-8-3-4-9-14(13)20-21-16/h3-4,8-9,12H,2,5-7,10-11H2,1H3,(H2,18,20)(H,19,23). The molecule has 1 unspecified atom stereocenters. The van der Waals surface area contributed by atoms with Crippen molar-refractivity contribution in [2.45, 2.75) is 32.2 Å². The van der Waals surface area contributed by atoms with Gasteiger partial charge in [-0.3, -0.25) is 9.69 Å². The minimum absolute atomic E-state index is 0.211. The summed E-state index contributed by atoms with van der Waals surface area (Å²) in [6.45, 7) is 4.90. The first-order valence-corrected chi connectivity index (χ1v) is 8.24. The second kappa shape index (κ2) is 6.91. The van der Waals surface area contributed by atoms with Gasteiger partial charge in [-0.25, -0.2) is 0 Å². The molecule has 0 saturated carbocycles. The summed E-state index contributed by atoms with van der Waals surface area (Å²) in [6, 6.07) is 7.84. The third-order valence-electron chi connectivity index (χ3n) is 4.58. The van der Waals surface area contributed by atoms with Gasteiger partial charge in [-0.2, -0.15) is 0 Å². The van der Waals surface area contributed by atoms with Crippen LogP contribution in [0.1, 0.15) is 36.7 Å². The number of piperidine rings is 1. The molecule has 1 aliphatic rings.